The average molecular weight is 268 g/mol. The van der Waals surface area contributed by atoms with E-state index < -0.39 is 18.2 Å². The molecule has 0 aromatic rings. The predicted molar refractivity (Wildman–Crippen MR) is 71.3 cm³/mol. The fourth-order valence-electron chi connectivity index (χ4n) is 2.08. The van der Waals surface area contributed by atoms with Crippen molar-refractivity contribution in [2.24, 2.45) is 4.99 Å². The van der Waals surface area contributed by atoms with Crippen molar-refractivity contribution < 1.29 is 9.59 Å². The third-order valence-electron chi connectivity index (χ3n) is 3.04. The maximum absolute atomic E-state index is 12.0. The summed E-state index contributed by atoms with van der Waals surface area (Å²) in [4.78, 5) is 31.4. The molecule has 0 bridgehead atoms. The summed E-state index contributed by atoms with van der Waals surface area (Å²) in [5.74, 6) is -0.277. The van der Waals surface area contributed by atoms with E-state index in [1.807, 2.05) is 30.2 Å². The molecule has 0 radical (unpaired) electrons. The number of carbonyl (C=O) groups is 2. The quantitative estimate of drug-likeness (QED) is 0.740. The fourth-order valence-corrected chi connectivity index (χ4v) is 2.72. The zero-order valence-corrected chi connectivity index (χ0v) is 11.4. The summed E-state index contributed by atoms with van der Waals surface area (Å²) in [5.41, 5.74) is 0. The average Bonchev–Trinajstić information content (AvgIpc) is 2.72. The largest absolute Gasteiger partial charge is 0.332 e. The highest BCUT2D eigenvalue weighted by atomic mass is 32.2. The van der Waals surface area contributed by atoms with Gasteiger partial charge in [0.05, 0.1) is 0 Å². The summed E-state index contributed by atoms with van der Waals surface area (Å²) >= 11 is 1.49. The number of fused-ring (bicyclic) bond motifs is 1. The number of allylic oxidation sites excluding steroid dienone is 1. The second-order valence-corrected chi connectivity index (χ2v) is 4.87. The number of imide groups is 1. The third-order valence-corrected chi connectivity index (χ3v) is 3.75. The van der Waals surface area contributed by atoms with Crippen molar-refractivity contribution in [3.8, 4) is 0 Å². The van der Waals surface area contributed by atoms with Gasteiger partial charge in [0.25, 0.3) is 5.91 Å². The molecule has 98 valence electrons. The number of likely N-dealkylation sites (N-methyl/N-ethyl adjacent to an activating group) is 1. The first-order valence-corrected chi connectivity index (χ1v) is 6.90. The molecule has 2 atom stereocenters. The van der Waals surface area contributed by atoms with Crippen molar-refractivity contribution in [2.75, 3.05) is 19.8 Å². The summed E-state index contributed by atoms with van der Waals surface area (Å²) < 4.78 is 0. The monoisotopic (exact) mass is 268 g/mol. The van der Waals surface area contributed by atoms with Crippen molar-refractivity contribution >= 4 is 28.9 Å². The van der Waals surface area contributed by atoms with Crippen LogP contribution in [0.2, 0.25) is 0 Å². The molecule has 2 aliphatic rings. The van der Waals surface area contributed by atoms with Crippen LogP contribution in [0.5, 0.6) is 0 Å². The van der Waals surface area contributed by atoms with Gasteiger partial charge in [0.1, 0.15) is 0 Å². The molecule has 2 aliphatic heterocycles. The Morgan fingerprint density at radius 1 is 1.50 bits per heavy atom. The number of nitrogens with one attached hydrogen (secondary N) is 1. The molecule has 3 amide bonds. The summed E-state index contributed by atoms with van der Waals surface area (Å²) in [6.07, 6.45) is 5.40. The van der Waals surface area contributed by atoms with E-state index in [1.165, 1.54) is 16.7 Å². The molecule has 1 N–H and O–H groups in total. The first-order chi connectivity index (χ1) is 8.60. The van der Waals surface area contributed by atoms with Crippen LogP contribution in [-0.2, 0) is 4.79 Å². The van der Waals surface area contributed by atoms with Gasteiger partial charge in [0, 0.05) is 13.6 Å². The van der Waals surface area contributed by atoms with Crippen LogP contribution in [0.1, 0.15) is 6.92 Å². The predicted octanol–water partition coefficient (Wildman–Crippen LogP) is 0.473. The Labute approximate surface area is 110 Å². The molecular formula is C11H16N4O2S. The minimum absolute atomic E-state index is 0.277. The van der Waals surface area contributed by atoms with Gasteiger partial charge >= 0.3 is 6.03 Å². The molecule has 18 heavy (non-hydrogen) atoms. The van der Waals surface area contributed by atoms with Gasteiger partial charge in [0.2, 0.25) is 0 Å². The summed E-state index contributed by atoms with van der Waals surface area (Å²) in [6.45, 7) is 2.55. The first kappa shape index (κ1) is 12.9. The molecule has 1 fully saturated rings. The van der Waals surface area contributed by atoms with E-state index in [9.17, 15) is 9.59 Å². The van der Waals surface area contributed by atoms with Gasteiger partial charge in [-0.1, -0.05) is 23.9 Å². The summed E-state index contributed by atoms with van der Waals surface area (Å²) in [6, 6.07) is -0.815. The number of nitrogens with zero attached hydrogens (tertiary/aromatic N) is 3. The van der Waals surface area contributed by atoms with Crippen molar-refractivity contribution in [1.29, 1.82) is 0 Å². The lowest BCUT2D eigenvalue weighted by molar-refractivity contribution is -0.126. The summed E-state index contributed by atoms with van der Waals surface area (Å²) in [5, 5.41) is 3.14. The molecule has 0 aromatic heterocycles. The minimum atomic E-state index is -0.425. The molecule has 0 saturated carbocycles. The van der Waals surface area contributed by atoms with E-state index in [2.05, 4.69) is 10.3 Å². The van der Waals surface area contributed by atoms with Crippen molar-refractivity contribution in [3.05, 3.63) is 12.2 Å². The van der Waals surface area contributed by atoms with Gasteiger partial charge in [-0.15, -0.1) is 0 Å². The normalized spacial score (nSPS) is 27.6. The van der Waals surface area contributed by atoms with E-state index in [4.69, 9.17) is 0 Å². The second-order valence-electron chi connectivity index (χ2n) is 4.10. The van der Waals surface area contributed by atoms with Crippen LogP contribution in [-0.4, -0.2) is 59.0 Å². The number of aliphatic imine (C=N–C) groups is 1. The van der Waals surface area contributed by atoms with Crippen LogP contribution in [0.3, 0.4) is 0 Å². The topological polar surface area (TPSA) is 65.0 Å². The van der Waals surface area contributed by atoms with Crippen LogP contribution in [0.25, 0.3) is 0 Å². The maximum Gasteiger partial charge on any atom is 0.325 e. The Morgan fingerprint density at radius 2 is 2.22 bits per heavy atom. The zero-order chi connectivity index (χ0) is 13.3. The van der Waals surface area contributed by atoms with Crippen LogP contribution < -0.4 is 5.32 Å². The third kappa shape index (κ3) is 1.98. The number of amides is 3. The van der Waals surface area contributed by atoms with Gasteiger partial charge in [-0.2, -0.15) is 0 Å². The van der Waals surface area contributed by atoms with Gasteiger partial charge in [-0.25, -0.2) is 9.79 Å². The van der Waals surface area contributed by atoms with Crippen LogP contribution >= 0.6 is 11.8 Å². The molecule has 1 saturated heterocycles. The Hall–Kier alpha value is -1.50. The van der Waals surface area contributed by atoms with Crippen LogP contribution in [0.4, 0.5) is 4.79 Å². The number of amidine groups is 1. The van der Waals surface area contributed by atoms with Crippen LogP contribution in [0.15, 0.2) is 17.1 Å². The smallest absolute Gasteiger partial charge is 0.325 e. The molecule has 7 heteroatoms. The Morgan fingerprint density at radius 3 is 2.83 bits per heavy atom. The van der Waals surface area contributed by atoms with E-state index in [1.54, 1.807) is 7.05 Å². The van der Waals surface area contributed by atoms with Crippen molar-refractivity contribution in [1.82, 2.24) is 15.1 Å². The van der Waals surface area contributed by atoms with E-state index in [0.29, 0.717) is 6.54 Å². The molecule has 0 aromatic carbocycles. The number of carbonyl (C=O) groups excluding carboxylic acids is 2. The van der Waals surface area contributed by atoms with E-state index in [-0.39, 0.29) is 5.91 Å². The molecule has 2 rings (SSSR count). The number of urea groups is 1. The highest BCUT2D eigenvalue weighted by molar-refractivity contribution is 8.13. The highest BCUT2D eigenvalue weighted by Crippen LogP contribution is 2.27. The van der Waals surface area contributed by atoms with Crippen molar-refractivity contribution in [3.63, 3.8) is 0 Å². The Bertz CT molecular complexity index is 435. The lowest BCUT2D eigenvalue weighted by atomic mass is 10.1. The zero-order valence-electron chi connectivity index (χ0n) is 10.6. The van der Waals surface area contributed by atoms with Gasteiger partial charge in [-0.3, -0.25) is 10.1 Å². The van der Waals surface area contributed by atoms with Gasteiger partial charge in [0.15, 0.2) is 17.4 Å². The molecule has 6 nitrogen and oxygen atoms in total. The molecule has 0 spiro atoms. The molecule has 0 aliphatic carbocycles. The van der Waals surface area contributed by atoms with Gasteiger partial charge < -0.3 is 9.80 Å². The Balaban J connectivity index is 2.29. The standard InChI is InChI=1S/C11H16N4O2S/c1-4-5-6-15-7-8(12-11(15)18-3)14(2)10(17)13-9(7)16/h4-5,7-8H,6H2,1-3H3,(H,13,16,17)/b5-4+. The number of rotatable bonds is 2. The van der Waals surface area contributed by atoms with Crippen LogP contribution in [0, 0.1) is 0 Å². The lowest BCUT2D eigenvalue weighted by Crippen LogP contribution is -2.63. The number of hydrogen-bond acceptors (Lipinski definition) is 5. The molecule has 2 unspecified atom stereocenters. The lowest BCUT2D eigenvalue weighted by Gasteiger charge is -2.35. The maximum atomic E-state index is 12.0. The Kier molecular flexibility index (Phi) is 3.60. The van der Waals surface area contributed by atoms with Gasteiger partial charge in [-0.05, 0) is 13.2 Å². The SMILES string of the molecule is C/C=C/CN1C(SC)=NC2C1C(=O)NC(=O)N2C. The number of hydrogen-bond donors (Lipinski definition) is 1. The number of thioether (sulfide) groups is 1. The molecule has 2 heterocycles. The van der Waals surface area contributed by atoms with E-state index >= 15 is 0 Å². The minimum Gasteiger partial charge on any atom is -0.332 e. The van der Waals surface area contributed by atoms with Crippen molar-refractivity contribution in [2.45, 2.75) is 19.1 Å². The highest BCUT2D eigenvalue weighted by Gasteiger charge is 2.47. The van der Waals surface area contributed by atoms with E-state index in [0.717, 1.165) is 5.17 Å². The summed E-state index contributed by atoms with van der Waals surface area (Å²) in [7, 11) is 1.65. The fraction of sp³-hybridized carbons (Fsp3) is 0.545. The first-order valence-electron chi connectivity index (χ1n) is 5.67. The second kappa shape index (κ2) is 5.01. The molecular weight excluding hydrogens is 252 g/mol.